The Labute approximate surface area is 126 Å². The molecule has 0 aliphatic rings. The number of aryl methyl sites for hydroxylation is 1. The summed E-state index contributed by atoms with van der Waals surface area (Å²) in [5.41, 5.74) is 1.14. The molecule has 116 valence electrons. The summed E-state index contributed by atoms with van der Waals surface area (Å²) in [6.45, 7) is 4.48. The number of esters is 2. The van der Waals surface area contributed by atoms with Gasteiger partial charge in [0.15, 0.2) is 0 Å². The van der Waals surface area contributed by atoms with Crippen LogP contribution in [0.25, 0.3) is 0 Å². The Hall–Kier alpha value is -1.84. The zero-order chi connectivity index (χ0) is 15.5. The summed E-state index contributed by atoms with van der Waals surface area (Å²) in [5.74, 6) is 0.132. The second-order valence-electron chi connectivity index (χ2n) is 4.90. The van der Waals surface area contributed by atoms with Crippen LogP contribution in [0.15, 0.2) is 24.3 Å². The minimum atomic E-state index is -0.259. The Bertz CT molecular complexity index is 454. The van der Waals surface area contributed by atoms with Gasteiger partial charge in [0.05, 0.1) is 6.61 Å². The molecule has 0 saturated heterocycles. The lowest BCUT2D eigenvalue weighted by molar-refractivity contribution is -0.144. The van der Waals surface area contributed by atoms with E-state index in [0.29, 0.717) is 38.0 Å². The molecular formula is C17H24O4. The number of rotatable bonds is 9. The van der Waals surface area contributed by atoms with E-state index in [4.69, 9.17) is 9.47 Å². The highest BCUT2D eigenvalue weighted by Gasteiger charge is 2.07. The Morgan fingerprint density at radius 1 is 1.05 bits per heavy atom. The van der Waals surface area contributed by atoms with E-state index >= 15 is 0 Å². The maximum atomic E-state index is 11.7. The topological polar surface area (TPSA) is 52.6 Å². The molecule has 0 fully saturated rings. The zero-order valence-electron chi connectivity index (χ0n) is 12.9. The molecule has 1 aromatic rings. The smallest absolute Gasteiger partial charge is 0.311 e. The van der Waals surface area contributed by atoms with Crippen LogP contribution in [0.4, 0.5) is 0 Å². The zero-order valence-corrected chi connectivity index (χ0v) is 12.9. The highest BCUT2D eigenvalue weighted by Crippen LogP contribution is 2.15. The van der Waals surface area contributed by atoms with Gasteiger partial charge in [0.25, 0.3) is 0 Å². The molecule has 21 heavy (non-hydrogen) atoms. The molecule has 0 saturated carbocycles. The normalized spacial score (nSPS) is 10.2. The molecule has 1 rings (SSSR count). The summed E-state index contributed by atoms with van der Waals surface area (Å²) in [6, 6.07) is 7.53. The predicted octanol–water partition coefficient (Wildman–Crippen LogP) is 3.67. The van der Waals surface area contributed by atoms with Crippen LogP contribution >= 0.6 is 0 Å². The summed E-state index contributed by atoms with van der Waals surface area (Å²) in [7, 11) is 0. The fourth-order valence-corrected chi connectivity index (χ4v) is 1.84. The van der Waals surface area contributed by atoms with Gasteiger partial charge in [-0.2, -0.15) is 0 Å². The molecule has 0 spiro atoms. The van der Waals surface area contributed by atoms with Gasteiger partial charge in [0, 0.05) is 12.8 Å². The highest BCUT2D eigenvalue weighted by molar-refractivity contribution is 5.72. The van der Waals surface area contributed by atoms with Gasteiger partial charge in [-0.25, -0.2) is 0 Å². The third-order valence-electron chi connectivity index (χ3n) is 3.02. The van der Waals surface area contributed by atoms with E-state index in [1.807, 2.05) is 25.1 Å². The van der Waals surface area contributed by atoms with Crippen molar-refractivity contribution in [1.29, 1.82) is 0 Å². The molecule has 0 aliphatic carbocycles. The van der Waals surface area contributed by atoms with Crippen molar-refractivity contribution in [2.24, 2.45) is 0 Å². The Morgan fingerprint density at radius 3 is 2.43 bits per heavy atom. The van der Waals surface area contributed by atoms with Gasteiger partial charge in [0.2, 0.25) is 0 Å². The number of hydrogen-bond donors (Lipinski definition) is 0. The van der Waals surface area contributed by atoms with Gasteiger partial charge >= 0.3 is 11.9 Å². The van der Waals surface area contributed by atoms with Crippen LogP contribution in [0.1, 0.15) is 51.5 Å². The van der Waals surface area contributed by atoms with Crippen molar-refractivity contribution in [3.8, 4) is 5.75 Å². The summed E-state index contributed by atoms with van der Waals surface area (Å²) in [6.07, 6.45) is 3.69. The van der Waals surface area contributed by atoms with Crippen molar-refractivity contribution in [1.82, 2.24) is 0 Å². The molecule has 0 bridgehead atoms. The van der Waals surface area contributed by atoms with Crippen LogP contribution in [0.5, 0.6) is 5.75 Å². The molecule has 1 aromatic carbocycles. The van der Waals surface area contributed by atoms with Crippen LogP contribution in [0.3, 0.4) is 0 Å². The average Bonchev–Trinajstić information content (AvgIpc) is 2.49. The largest absolute Gasteiger partial charge is 0.466 e. The van der Waals surface area contributed by atoms with E-state index in [9.17, 15) is 9.59 Å². The third kappa shape index (κ3) is 7.49. The number of hydrogen-bond acceptors (Lipinski definition) is 4. The minimum absolute atomic E-state index is 0.194. The molecule has 4 nitrogen and oxygen atoms in total. The summed E-state index contributed by atoms with van der Waals surface area (Å²) >= 11 is 0. The standard InChI is InChI=1S/C17H24O4/c1-3-12-20-16(18)10-5-6-11-17(19)21-15-9-7-8-14(4-2)13-15/h7-9,13H,3-6,10-12H2,1-2H3. The monoisotopic (exact) mass is 292 g/mol. The number of carbonyl (C=O) groups is 2. The maximum Gasteiger partial charge on any atom is 0.311 e. The second-order valence-corrected chi connectivity index (χ2v) is 4.90. The van der Waals surface area contributed by atoms with Crippen molar-refractivity contribution in [3.63, 3.8) is 0 Å². The first-order valence-corrected chi connectivity index (χ1v) is 7.61. The van der Waals surface area contributed by atoms with E-state index < -0.39 is 0 Å². The lowest BCUT2D eigenvalue weighted by Crippen LogP contribution is -2.09. The molecule has 0 aliphatic heterocycles. The van der Waals surface area contributed by atoms with E-state index in [-0.39, 0.29) is 11.9 Å². The molecule has 0 unspecified atom stereocenters. The fourth-order valence-electron chi connectivity index (χ4n) is 1.84. The van der Waals surface area contributed by atoms with Crippen molar-refractivity contribution < 1.29 is 19.1 Å². The number of benzene rings is 1. The van der Waals surface area contributed by atoms with Gasteiger partial charge < -0.3 is 9.47 Å². The summed E-state index contributed by atoms with van der Waals surface area (Å²) in [4.78, 5) is 23.0. The Morgan fingerprint density at radius 2 is 1.76 bits per heavy atom. The lowest BCUT2D eigenvalue weighted by atomic mass is 10.1. The highest BCUT2D eigenvalue weighted by atomic mass is 16.5. The van der Waals surface area contributed by atoms with E-state index in [0.717, 1.165) is 18.4 Å². The predicted molar refractivity (Wildman–Crippen MR) is 81.2 cm³/mol. The van der Waals surface area contributed by atoms with Gasteiger partial charge in [-0.3, -0.25) is 9.59 Å². The van der Waals surface area contributed by atoms with Crippen LogP contribution < -0.4 is 4.74 Å². The number of carbonyl (C=O) groups excluding carboxylic acids is 2. The van der Waals surface area contributed by atoms with Crippen molar-refractivity contribution in [3.05, 3.63) is 29.8 Å². The molecule has 0 aromatic heterocycles. The molecular weight excluding hydrogens is 268 g/mol. The fraction of sp³-hybridized carbons (Fsp3) is 0.529. The first-order chi connectivity index (χ1) is 10.2. The van der Waals surface area contributed by atoms with E-state index in [1.165, 1.54) is 0 Å². The van der Waals surface area contributed by atoms with Crippen molar-refractivity contribution in [2.75, 3.05) is 6.61 Å². The molecule has 0 N–H and O–H groups in total. The number of ether oxygens (including phenoxy) is 2. The van der Waals surface area contributed by atoms with Gasteiger partial charge in [-0.05, 0) is 43.4 Å². The molecule has 0 radical (unpaired) electrons. The van der Waals surface area contributed by atoms with Crippen LogP contribution in [0.2, 0.25) is 0 Å². The minimum Gasteiger partial charge on any atom is -0.466 e. The van der Waals surface area contributed by atoms with E-state index in [1.54, 1.807) is 6.07 Å². The van der Waals surface area contributed by atoms with Gasteiger partial charge in [0.1, 0.15) is 5.75 Å². The molecule has 0 heterocycles. The quantitative estimate of drug-likeness (QED) is 0.396. The maximum absolute atomic E-state index is 11.7. The van der Waals surface area contributed by atoms with Crippen LogP contribution in [-0.2, 0) is 20.7 Å². The van der Waals surface area contributed by atoms with Crippen LogP contribution in [-0.4, -0.2) is 18.5 Å². The third-order valence-corrected chi connectivity index (χ3v) is 3.02. The van der Waals surface area contributed by atoms with Crippen LogP contribution in [0, 0.1) is 0 Å². The number of unbranched alkanes of at least 4 members (excludes halogenated alkanes) is 1. The van der Waals surface area contributed by atoms with E-state index in [2.05, 4.69) is 6.92 Å². The molecule has 0 amide bonds. The summed E-state index contributed by atoms with van der Waals surface area (Å²) < 4.78 is 10.2. The SMILES string of the molecule is CCCOC(=O)CCCCC(=O)Oc1cccc(CC)c1. The Balaban J connectivity index is 2.20. The first-order valence-electron chi connectivity index (χ1n) is 7.61. The van der Waals surface area contributed by atoms with Gasteiger partial charge in [-0.15, -0.1) is 0 Å². The van der Waals surface area contributed by atoms with Gasteiger partial charge in [-0.1, -0.05) is 26.0 Å². The lowest BCUT2D eigenvalue weighted by Gasteiger charge is -2.06. The van der Waals surface area contributed by atoms with Crippen molar-refractivity contribution >= 4 is 11.9 Å². The second kappa shape index (κ2) is 9.97. The molecule has 4 heteroatoms. The molecule has 0 atom stereocenters. The van der Waals surface area contributed by atoms with Crippen molar-refractivity contribution in [2.45, 2.75) is 52.4 Å². The average molecular weight is 292 g/mol. The summed E-state index contributed by atoms with van der Waals surface area (Å²) in [5, 5.41) is 0. The first kappa shape index (κ1) is 17.2. The Kier molecular flexibility index (Phi) is 8.17.